The molecule has 2 aliphatic heterocycles. The van der Waals surface area contributed by atoms with Gasteiger partial charge in [-0.1, -0.05) is 12.1 Å². The molecule has 1 aromatic heterocycles. The van der Waals surface area contributed by atoms with E-state index in [0.29, 0.717) is 30.3 Å². The molecular formula is C38H61N11O8. The standard InChI is InChI=1S/C38H61N11O8/c1-6-49(28(4)5)38-41-36(40-37(42-38)47-19-17-46(18-20-47)27(2)3)39-30-9-7-29(8-10-30)21-31-22-45(25-34(54)55)14-13-43(23-32(50)51)11-12-44(24-33(52)53)15-16-48(31)26-35(56)57/h7-10,27-28,31H,6,11-26H2,1-5H3,(H,50,51)(H,52,53)(H,54,55)(H,56,57)(H,39,40,41,42). The average Bonchev–Trinajstić information content (AvgIpc) is 3.13. The summed E-state index contributed by atoms with van der Waals surface area (Å²) in [5, 5.41) is 42.2. The van der Waals surface area contributed by atoms with Crippen LogP contribution in [0.3, 0.4) is 0 Å². The van der Waals surface area contributed by atoms with Crippen molar-refractivity contribution >= 4 is 47.4 Å². The zero-order chi connectivity index (χ0) is 41.6. The van der Waals surface area contributed by atoms with Gasteiger partial charge in [-0.3, -0.25) is 43.7 Å². The predicted octanol–water partition coefficient (Wildman–Crippen LogP) is 0.851. The molecule has 1 aromatic carbocycles. The molecule has 2 aromatic rings. The van der Waals surface area contributed by atoms with Crippen LogP contribution in [0.4, 0.5) is 23.5 Å². The van der Waals surface area contributed by atoms with Gasteiger partial charge in [-0.25, -0.2) is 0 Å². The van der Waals surface area contributed by atoms with Crippen LogP contribution in [0.2, 0.25) is 0 Å². The summed E-state index contributed by atoms with van der Waals surface area (Å²) in [5.74, 6) is -2.61. The summed E-state index contributed by atoms with van der Waals surface area (Å²) >= 11 is 0. The van der Waals surface area contributed by atoms with E-state index in [0.717, 1.165) is 44.0 Å². The Bertz CT molecular complexity index is 1620. The maximum Gasteiger partial charge on any atom is 0.317 e. The summed E-state index contributed by atoms with van der Waals surface area (Å²) in [6, 6.07) is 7.79. The van der Waals surface area contributed by atoms with Gasteiger partial charge < -0.3 is 35.5 Å². The third-order valence-electron chi connectivity index (χ3n) is 10.4. The number of aromatic nitrogens is 3. The summed E-state index contributed by atoms with van der Waals surface area (Å²) in [6.45, 7) is 15.1. The molecule has 0 spiro atoms. The maximum absolute atomic E-state index is 12.2. The molecule has 0 amide bonds. The maximum atomic E-state index is 12.2. The van der Waals surface area contributed by atoms with Gasteiger partial charge in [-0.05, 0) is 58.7 Å². The Morgan fingerprint density at radius 1 is 0.702 bits per heavy atom. The lowest BCUT2D eigenvalue weighted by molar-refractivity contribution is -0.142. The number of aliphatic carboxylic acids is 4. The number of nitrogens with one attached hydrogen (secondary N) is 1. The van der Waals surface area contributed by atoms with Crippen LogP contribution in [-0.2, 0) is 25.6 Å². The van der Waals surface area contributed by atoms with Crippen LogP contribution in [-0.4, -0.2) is 207 Å². The highest BCUT2D eigenvalue weighted by Crippen LogP contribution is 2.23. The van der Waals surface area contributed by atoms with Crippen molar-refractivity contribution in [3.8, 4) is 0 Å². The second kappa shape index (κ2) is 21.7. The van der Waals surface area contributed by atoms with Crippen LogP contribution in [0.5, 0.6) is 0 Å². The number of anilines is 4. The van der Waals surface area contributed by atoms with Crippen LogP contribution >= 0.6 is 0 Å². The van der Waals surface area contributed by atoms with Gasteiger partial charge in [0.15, 0.2) is 0 Å². The Morgan fingerprint density at radius 3 is 1.74 bits per heavy atom. The first-order chi connectivity index (χ1) is 27.1. The highest BCUT2D eigenvalue weighted by atomic mass is 16.4. The molecule has 5 N–H and O–H groups in total. The van der Waals surface area contributed by atoms with Gasteiger partial charge in [0.25, 0.3) is 0 Å². The van der Waals surface area contributed by atoms with Crippen LogP contribution in [0.25, 0.3) is 0 Å². The number of carboxylic acids is 4. The molecule has 316 valence electrons. The highest BCUT2D eigenvalue weighted by molar-refractivity contribution is 5.70. The van der Waals surface area contributed by atoms with Crippen molar-refractivity contribution in [3.05, 3.63) is 29.8 Å². The van der Waals surface area contributed by atoms with E-state index in [-0.39, 0.29) is 78.0 Å². The van der Waals surface area contributed by atoms with Crippen molar-refractivity contribution in [2.24, 2.45) is 0 Å². The molecule has 1 unspecified atom stereocenters. The smallest absolute Gasteiger partial charge is 0.317 e. The van der Waals surface area contributed by atoms with Crippen LogP contribution in [0.15, 0.2) is 24.3 Å². The van der Waals surface area contributed by atoms with Gasteiger partial charge in [-0.15, -0.1) is 0 Å². The monoisotopic (exact) mass is 799 g/mol. The lowest BCUT2D eigenvalue weighted by atomic mass is 10.0. The Labute approximate surface area is 334 Å². The van der Waals surface area contributed by atoms with E-state index in [1.54, 1.807) is 19.6 Å². The molecule has 0 radical (unpaired) electrons. The quantitative estimate of drug-likeness (QED) is 0.150. The molecule has 19 nitrogen and oxygen atoms in total. The average molecular weight is 800 g/mol. The number of rotatable bonds is 17. The van der Waals surface area contributed by atoms with E-state index in [1.165, 1.54) is 0 Å². The van der Waals surface area contributed by atoms with Gasteiger partial charge in [-0.2, -0.15) is 15.0 Å². The van der Waals surface area contributed by atoms with E-state index >= 15 is 0 Å². The first-order valence-electron chi connectivity index (χ1n) is 19.8. The topological polar surface area (TPSA) is 223 Å². The van der Waals surface area contributed by atoms with E-state index in [1.807, 2.05) is 24.3 Å². The number of carbonyl (C=O) groups is 4. The fraction of sp³-hybridized carbons (Fsp3) is 0.658. The van der Waals surface area contributed by atoms with Crippen molar-refractivity contribution in [1.82, 2.24) is 39.5 Å². The van der Waals surface area contributed by atoms with Gasteiger partial charge in [0.2, 0.25) is 17.8 Å². The molecule has 2 saturated heterocycles. The Kier molecular flexibility index (Phi) is 17.2. The molecule has 2 aliphatic rings. The highest BCUT2D eigenvalue weighted by Gasteiger charge is 2.28. The van der Waals surface area contributed by atoms with Gasteiger partial charge in [0.1, 0.15) is 0 Å². The summed E-state index contributed by atoms with van der Waals surface area (Å²) in [7, 11) is 0. The zero-order valence-electron chi connectivity index (χ0n) is 34.0. The molecule has 1 atom stereocenters. The second-order valence-corrected chi connectivity index (χ2v) is 15.3. The summed E-state index contributed by atoms with van der Waals surface area (Å²) in [4.78, 5) is 75.6. The molecule has 0 bridgehead atoms. The van der Waals surface area contributed by atoms with Gasteiger partial charge >= 0.3 is 23.9 Å². The molecule has 2 fully saturated rings. The Morgan fingerprint density at radius 2 is 1.23 bits per heavy atom. The fourth-order valence-electron chi connectivity index (χ4n) is 7.34. The van der Waals surface area contributed by atoms with E-state index < -0.39 is 29.9 Å². The third-order valence-corrected chi connectivity index (χ3v) is 10.4. The molecule has 57 heavy (non-hydrogen) atoms. The van der Waals surface area contributed by atoms with Crippen molar-refractivity contribution in [2.45, 2.75) is 59.2 Å². The van der Waals surface area contributed by atoms with Crippen LogP contribution in [0.1, 0.15) is 40.2 Å². The van der Waals surface area contributed by atoms with Crippen molar-refractivity contribution in [3.63, 3.8) is 0 Å². The van der Waals surface area contributed by atoms with Crippen LogP contribution < -0.4 is 15.1 Å². The second-order valence-electron chi connectivity index (χ2n) is 15.3. The van der Waals surface area contributed by atoms with E-state index in [9.17, 15) is 39.6 Å². The zero-order valence-corrected chi connectivity index (χ0v) is 34.0. The molecule has 3 heterocycles. The number of hydrogen-bond acceptors (Lipinski definition) is 15. The minimum absolute atomic E-state index is 0.169. The normalized spacial score (nSPS) is 18.9. The third kappa shape index (κ3) is 14.6. The van der Waals surface area contributed by atoms with E-state index in [4.69, 9.17) is 15.0 Å². The number of benzene rings is 1. The van der Waals surface area contributed by atoms with Gasteiger partial charge in [0.05, 0.1) is 26.2 Å². The number of carboxylic acid groups (broad SMARTS) is 4. The molecule has 0 saturated carbocycles. The number of piperazine rings is 1. The molecule has 0 aliphatic carbocycles. The van der Waals surface area contributed by atoms with Crippen molar-refractivity contribution in [2.75, 3.05) is 120 Å². The first kappa shape index (κ1) is 45.0. The largest absolute Gasteiger partial charge is 0.480 e. The lowest BCUT2D eigenvalue weighted by Gasteiger charge is -2.37. The Balaban J connectivity index is 1.60. The summed E-state index contributed by atoms with van der Waals surface area (Å²) in [6.07, 6.45) is 0.365. The van der Waals surface area contributed by atoms with Gasteiger partial charge in [0, 0.05) is 102 Å². The summed E-state index contributed by atoms with van der Waals surface area (Å²) < 4.78 is 0. The molecular weight excluding hydrogens is 738 g/mol. The lowest BCUT2D eigenvalue weighted by Crippen LogP contribution is -2.53. The predicted molar refractivity (Wildman–Crippen MR) is 216 cm³/mol. The Hall–Kier alpha value is -4.69. The molecule has 19 heteroatoms. The van der Waals surface area contributed by atoms with Crippen molar-refractivity contribution < 1.29 is 39.6 Å². The molecule has 4 rings (SSSR count). The van der Waals surface area contributed by atoms with Crippen LogP contribution in [0, 0.1) is 0 Å². The van der Waals surface area contributed by atoms with E-state index in [2.05, 4.69) is 54.6 Å². The minimum Gasteiger partial charge on any atom is -0.480 e. The minimum atomic E-state index is -1.06. The fourth-order valence-corrected chi connectivity index (χ4v) is 7.34. The first-order valence-corrected chi connectivity index (χ1v) is 19.8. The number of hydrogen-bond donors (Lipinski definition) is 5. The summed E-state index contributed by atoms with van der Waals surface area (Å²) in [5.41, 5.74) is 1.60. The number of nitrogens with zero attached hydrogens (tertiary/aromatic N) is 10. The van der Waals surface area contributed by atoms with Crippen molar-refractivity contribution in [1.29, 1.82) is 0 Å². The SMILES string of the molecule is CCN(c1nc(Nc2ccc(CC3CN(CC(=O)O)CCN(CC(=O)O)CCN(CC(=O)O)CCN3CC(=O)O)cc2)nc(N2CCN(C(C)C)CC2)n1)C(C)C.